The number of hydrogen-bond donors (Lipinski definition) is 1. The van der Waals surface area contributed by atoms with Crippen LogP contribution >= 0.6 is 0 Å². The van der Waals surface area contributed by atoms with Gasteiger partial charge >= 0.3 is 5.97 Å². The van der Waals surface area contributed by atoms with Crippen molar-refractivity contribution in [1.82, 2.24) is 9.80 Å². The average Bonchev–Trinajstić information content (AvgIpc) is 3.27. The standard InChI is InChI=1S/C19H22N2O7/c1-27-8-6-20(11-16(22)23)17(24)12-4-5-14-15(9-12)19(26)21(18(14)25)10-13-3-2-7-28-13/h4-5,9,13H,2-3,6-8,10-11H2,1H3,(H,22,23). The first-order chi connectivity index (χ1) is 13.4. The first-order valence-electron chi connectivity index (χ1n) is 9.04. The van der Waals surface area contributed by atoms with Crippen LogP contribution in [0, 0.1) is 0 Å². The highest BCUT2D eigenvalue weighted by Gasteiger charge is 2.38. The van der Waals surface area contributed by atoms with Crippen LogP contribution in [-0.2, 0) is 14.3 Å². The highest BCUT2D eigenvalue weighted by molar-refractivity contribution is 6.22. The summed E-state index contributed by atoms with van der Waals surface area (Å²) in [4.78, 5) is 51.3. The molecular formula is C19H22N2O7. The number of methoxy groups -OCH3 is 1. The molecule has 2 aliphatic rings. The molecule has 0 bridgehead atoms. The maximum atomic E-state index is 12.7. The molecule has 1 N–H and O–H groups in total. The molecular weight excluding hydrogens is 368 g/mol. The van der Waals surface area contributed by atoms with E-state index in [2.05, 4.69) is 0 Å². The number of carboxylic acid groups (broad SMARTS) is 1. The molecule has 2 aliphatic heterocycles. The lowest BCUT2D eigenvalue weighted by molar-refractivity contribution is -0.137. The number of carbonyl (C=O) groups is 4. The van der Waals surface area contributed by atoms with E-state index in [4.69, 9.17) is 14.6 Å². The van der Waals surface area contributed by atoms with Crippen LogP contribution in [0.25, 0.3) is 0 Å². The van der Waals surface area contributed by atoms with Gasteiger partial charge in [0.15, 0.2) is 0 Å². The van der Waals surface area contributed by atoms with Crippen molar-refractivity contribution in [3.05, 3.63) is 34.9 Å². The van der Waals surface area contributed by atoms with Crippen molar-refractivity contribution in [2.75, 3.05) is 40.0 Å². The highest BCUT2D eigenvalue weighted by atomic mass is 16.5. The zero-order valence-electron chi connectivity index (χ0n) is 15.6. The number of amides is 3. The molecule has 1 saturated heterocycles. The third kappa shape index (κ3) is 4.05. The van der Waals surface area contributed by atoms with E-state index in [1.807, 2.05) is 0 Å². The lowest BCUT2D eigenvalue weighted by Crippen LogP contribution is -2.38. The van der Waals surface area contributed by atoms with Gasteiger partial charge in [-0.1, -0.05) is 0 Å². The van der Waals surface area contributed by atoms with Gasteiger partial charge in [-0.05, 0) is 31.0 Å². The van der Waals surface area contributed by atoms with Gasteiger partial charge in [0.05, 0.1) is 30.4 Å². The lowest BCUT2D eigenvalue weighted by atomic mass is 10.0. The molecule has 3 rings (SSSR count). The summed E-state index contributed by atoms with van der Waals surface area (Å²) in [5.41, 5.74) is 0.535. The molecule has 0 radical (unpaired) electrons. The van der Waals surface area contributed by atoms with Gasteiger partial charge in [0, 0.05) is 25.8 Å². The summed E-state index contributed by atoms with van der Waals surface area (Å²) in [7, 11) is 1.45. The van der Waals surface area contributed by atoms with E-state index < -0.39 is 30.2 Å². The van der Waals surface area contributed by atoms with Crippen LogP contribution in [0.15, 0.2) is 18.2 Å². The fourth-order valence-electron chi connectivity index (χ4n) is 3.38. The second-order valence-electron chi connectivity index (χ2n) is 6.73. The number of hydrogen-bond acceptors (Lipinski definition) is 6. The van der Waals surface area contributed by atoms with Crippen molar-refractivity contribution in [2.24, 2.45) is 0 Å². The van der Waals surface area contributed by atoms with Gasteiger partial charge in [-0.25, -0.2) is 0 Å². The summed E-state index contributed by atoms with van der Waals surface area (Å²) in [5.74, 6) is -2.57. The topological polar surface area (TPSA) is 113 Å². The summed E-state index contributed by atoms with van der Waals surface area (Å²) in [6.45, 7) is 0.590. The maximum Gasteiger partial charge on any atom is 0.323 e. The number of rotatable bonds is 8. The minimum Gasteiger partial charge on any atom is -0.480 e. The Morgan fingerprint density at radius 2 is 2.04 bits per heavy atom. The Balaban J connectivity index is 1.80. The molecule has 3 amide bonds. The van der Waals surface area contributed by atoms with E-state index in [1.54, 1.807) is 0 Å². The number of carboxylic acids is 1. The van der Waals surface area contributed by atoms with E-state index in [0.29, 0.717) is 6.61 Å². The fourth-order valence-corrected chi connectivity index (χ4v) is 3.38. The molecule has 0 saturated carbocycles. The Morgan fingerprint density at radius 1 is 1.29 bits per heavy atom. The Kier molecular flexibility index (Phi) is 6.05. The van der Waals surface area contributed by atoms with Gasteiger partial charge in [-0.3, -0.25) is 24.1 Å². The molecule has 1 unspecified atom stereocenters. The average molecular weight is 390 g/mol. The van der Waals surface area contributed by atoms with Crippen molar-refractivity contribution in [2.45, 2.75) is 18.9 Å². The third-order valence-corrected chi connectivity index (χ3v) is 4.81. The monoisotopic (exact) mass is 390 g/mol. The SMILES string of the molecule is COCCN(CC(=O)O)C(=O)c1ccc2c(c1)C(=O)N(CC1CCCO1)C2=O. The summed E-state index contributed by atoms with van der Waals surface area (Å²) in [6.07, 6.45) is 1.53. The van der Waals surface area contributed by atoms with Crippen molar-refractivity contribution >= 4 is 23.7 Å². The first kappa shape index (κ1) is 20.0. The Morgan fingerprint density at radius 3 is 2.68 bits per heavy atom. The van der Waals surface area contributed by atoms with E-state index >= 15 is 0 Å². The van der Waals surface area contributed by atoms with Crippen LogP contribution in [0.2, 0.25) is 0 Å². The summed E-state index contributed by atoms with van der Waals surface area (Å²) in [6, 6.07) is 4.23. The predicted octanol–water partition coefficient (Wildman–Crippen LogP) is 0.635. The summed E-state index contributed by atoms with van der Waals surface area (Å²) in [5, 5.41) is 9.03. The van der Waals surface area contributed by atoms with Crippen molar-refractivity contribution < 1.29 is 33.8 Å². The lowest BCUT2D eigenvalue weighted by Gasteiger charge is -2.20. The van der Waals surface area contributed by atoms with Crippen LogP contribution in [0.5, 0.6) is 0 Å². The van der Waals surface area contributed by atoms with E-state index in [9.17, 15) is 19.2 Å². The van der Waals surface area contributed by atoms with Crippen LogP contribution < -0.4 is 0 Å². The third-order valence-electron chi connectivity index (χ3n) is 4.81. The maximum absolute atomic E-state index is 12.7. The molecule has 2 heterocycles. The molecule has 150 valence electrons. The molecule has 0 aliphatic carbocycles. The molecule has 0 spiro atoms. The molecule has 1 aromatic carbocycles. The predicted molar refractivity (Wildman–Crippen MR) is 96.2 cm³/mol. The highest BCUT2D eigenvalue weighted by Crippen LogP contribution is 2.26. The number of aliphatic carboxylic acids is 1. The number of ether oxygens (including phenoxy) is 2. The Labute approximate surface area is 161 Å². The van der Waals surface area contributed by atoms with Crippen LogP contribution in [0.1, 0.15) is 43.9 Å². The number of carbonyl (C=O) groups excluding carboxylic acids is 3. The van der Waals surface area contributed by atoms with Crippen molar-refractivity contribution in [3.8, 4) is 0 Å². The van der Waals surface area contributed by atoms with Crippen LogP contribution in [0.4, 0.5) is 0 Å². The molecule has 0 aromatic heterocycles. The number of benzene rings is 1. The van der Waals surface area contributed by atoms with Crippen LogP contribution in [0.3, 0.4) is 0 Å². The number of nitrogens with zero attached hydrogens (tertiary/aromatic N) is 2. The molecule has 28 heavy (non-hydrogen) atoms. The van der Waals surface area contributed by atoms with Crippen molar-refractivity contribution in [3.63, 3.8) is 0 Å². The van der Waals surface area contributed by atoms with Gasteiger partial charge in [-0.15, -0.1) is 0 Å². The summed E-state index contributed by atoms with van der Waals surface area (Å²) >= 11 is 0. The fraction of sp³-hybridized carbons (Fsp3) is 0.474. The van der Waals surface area contributed by atoms with Crippen molar-refractivity contribution in [1.29, 1.82) is 0 Å². The van der Waals surface area contributed by atoms with E-state index in [-0.39, 0.29) is 42.5 Å². The normalized spacial score (nSPS) is 18.5. The zero-order chi connectivity index (χ0) is 20.3. The molecule has 9 heteroatoms. The van der Waals surface area contributed by atoms with Crippen LogP contribution in [-0.4, -0.2) is 84.7 Å². The Hall–Kier alpha value is -2.78. The molecule has 1 atom stereocenters. The quantitative estimate of drug-likeness (QED) is 0.648. The minimum atomic E-state index is -1.15. The molecule has 9 nitrogen and oxygen atoms in total. The number of fused-ring (bicyclic) bond motifs is 1. The second kappa shape index (κ2) is 8.49. The van der Waals surface area contributed by atoms with E-state index in [1.165, 1.54) is 25.3 Å². The minimum absolute atomic E-state index is 0.0940. The molecule has 1 fully saturated rings. The zero-order valence-corrected chi connectivity index (χ0v) is 15.6. The van der Waals surface area contributed by atoms with E-state index in [0.717, 1.165) is 22.6 Å². The van der Waals surface area contributed by atoms with Gasteiger partial charge < -0.3 is 19.5 Å². The first-order valence-corrected chi connectivity index (χ1v) is 9.04. The molecule has 1 aromatic rings. The Bertz CT molecular complexity index is 801. The van der Waals surface area contributed by atoms with Gasteiger partial charge in [0.1, 0.15) is 6.54 Å². The van der Waals surface area contributed by atoms with Gasteiger partial charge in [-0.2, -0.15) is 0 Å². The smallest absolute Gasteiger partial charge is 0.323 e. The van der Waals surface area contributed by atoms with Gasteiger partial charge in [0.25, 0.3) is 17.7 Å². The van der Waals surface area contributed by atoms with Gasteiger partial charge in [0.2, 0.25) is 0 Å². The summed E-state index contributed by atoms with van der Waals surface area (Å²) < 4.78 is 10.4. The second-order valence-corrected chi connectivity index (χ2v) is 6.73. The largest absolute Gasteiger partial charge is 0.480 e. The number of imide groups is 1.